The van der Waals surface area contributed by atoms with Gasteiger partial charge in [0.2, 0.25) is 5.88 Å². The second-order valence-electron chi connectivity index (χ2n) is 5.10. The molecule has 21 heavy (non-hydrogen) atoms. The molecule has 0 radical (unpaired) electrons. The quantitative estimate of drug-likeness (QED) is 0.851. The first-order valence-electron chi connectivity index (χ1n) is 6.73. The van der Waals surface area contributed by atoms with Crippen LogP contribution < -0.4 is 15.8 Å². The highest BCUT2D eigenvalue weighted by Gasteiger charge is 2.22. The number of ether oxygens (including phenoxy) is 1. The second kappa shape index (κ2) is 5.89. The van der Waals surface area contributed by atoms with E-state index in [4.69, 9.17) is 10.5 Å². The molecule has 0 saturated heterocycles. The van der Waals surface area contributed by atoms with Gasteiger partial charge < -0.3 is 15.8 Å². The summed E-state index contributed by atoms with van der Waals surface area (Å²) in [5.74, 6) is 1.37. The largest absolute Gasteiger partial charge is 0.476 e. The van der Waals surface area contributed by atoms with Crippen LogP contribution in [0.15, 0.2) is 34.8 Å². The van der Waals surface area contributed by atoms with E-state index >= 15 is 0 Å². The second-order valence-corrected chi connectivity index (χ2v) is 5.95. The number of hydrogen-bond donors (Lipinski definition) is 2. The molecule has 0 aliphatic heterocycles. The van der Waals surface area contributed by atoms with E-state index in [-0.39, 0.29) is 5.82 Å². The highest BCUT2D eigenvalue weighted by molar-refractivity contribution is 9.10. The zero-order valence-corrected chi connectivity index (χ0v) is 12.9. The molecule has 6 heteroatoms. The summed E-state index contributed by atoms with van der Waals surface area (Å²) in [4.78, 5) is 4.35. The molecule has 1 saturated carbocycles. The van der Waals surface area contributed by atoms with Gasteiger partial charge in [0.25, 0.3) is 0 Å². The average Bonchev–Trinajstić information content (AvgIpc) is 3.28. The van der Waals surface area contributed by atoms with Crippen molar-refractivity contribution < 1.29 is 9.13 Å². The number of anilines is 3. The SMILES string of the molecule is Nc1ccc(Nc2ccc(F)c(Br)c2)nc1OCC1CC1. The molecular weight excluding hydrogens is 337 g/mol. The van der Waals surface area contributed by atoms with E-state index in [0.717, 1.165) is 5.69 Å². The summed E-state index contributed by atoms with van der Waals surface area (Å²) < 4.78 is 19.2. The Bertz CT molecular complexity index is 661. The molecule has 0 bridgehead atoms. The maximum absolute atomic E-state index is 13.2. The molecule has 110 valence electrons. The predicted octanol–water partition coefficient (Wildman–Crippen LogP) is 4.10. The predicted molar refractivity (Wildman–Crippen MR) is 84.3 cm³/mol. The average molecular weight is 352 g/mol. The van der Waals surface area contributed by atoms with Gasteiger partial charge in [-0.3, -0.25) is 0 Å². The molecule has 0 atom stereocenters. The van der Waals surface area contributed by atoms with Gasteiger partial charge in [-0.05, 0) is 65.0 Å². The molecule has 2 aromatic rings. The number of pyridine rings is 1. The molecule has 1 aromatic carbocycles. The van der Waals surface area contributed by atoms with Gasteiger partial charge in [0.05, 0.1) is 16.8 Å². The third-order valence-electron chi connectivity index (χ3n) is 3.23. The Balaban J connectivity index is 1.74. The van der Waals surface area contributed by atoms with Gasteiger partial charge in [0.15, 0.2) is 0 Å². The van der Waals surface area contributed by atoms with E-state index in [1.807, 2.05) is 0 Å². The number of nitrogens with zero attached hydrogens (tertiary/aromatic N) is 1. The molecule has 1 aromatic heterocycles. The molecule has 3 rings (SSSR count). The number of nitrogens with one attached hydrogen (secondary N) is 1. The normalized spacial score (nSPS) is 14.0. The van der Waals surface area contributed by atoms with E-state index < -0.39 is 0 Å². The Hall–Kier alpha value is -1.82. The highest BCUT2D eigenvalue weighted by atomic mass is 79.9. The number of benzene rings is 1. The van der Waals surface area contributed by atoms with Crippen LogP contribution in [0.3, 0.4) is 0 Å². The van der Waals surface area contributed by atoms with Crippen molar-refractivity contribution in [3.8, 4) is 5.88 Å². The van der Waals surface area contributed by atoms with E-state index in [0.29, 0.717) is 34.4 Å². The van der Waals surface area contributed by atoms with Crippen molar-refractivity contribution in [2.75, 3.05) is 17.7 Å². The lowest BCUT2D eigenvalue weighted by Gasteiger charge is -2.11. The minimum absolute atomic E-state index is 0.306. The van der Waals surface area contributed by atoms with Crippen molar-refractivity contribution in [1.82, 2.24) is 4.98 Å². The van der Waals surface area contributed by atoms with Gasteiger partial charge in [-0.1, -0.05) is 0 Å². The Morgan fingerprint density at radius 3 is 2.86 bits per heavy atom. The summed E-state index contributed by atoms with van der Waals surface area (Å²) in [5.41, 5.74) is 7.11. The fraction of sp³-hybridized carbons (Fsp3) is 0.267. The lowest BCUT2D eigenvalue weighted by molar-refractivity contribution is 0.290. The lowest BCUT2D eigenvalue weighted by Crippen LogP contribution is -2.05. The van der Waals surface area contributed by atoms with Crippen LogP contribution in [-0.2, 0) is 0 Å². The first-order valence-corrected chi connectivity index (χ1v) is 7.52. The van der Waals surface area contributed by atoms with E-state index in [1.165, 1.54) is 18.9 Å². The third kappa shape index (κ3) is 3.64. The van der Waals surface area contributed by atoms with Crippen LogP contribution in [0.1, 0.15) is 12.8 Å². The summed E-state index contributed by atoms with van der Waals surface area (Å²) in [5, 5.41) is 3.10. The lowest BCUT2D eigenvalue weighted by atomic mass is 10.3. The van der Waals surface area contributed by atoms with Crippen LogP contribution in [0, 0.1) is 11.7 Å². The minimum Gasteiger partial charge on any atom is -0.476 e. The smallest absolute Gasteiger partial charge is 0.239 e. The van der Waals surface area contributed by atoms with Crippen LogP contribution in [0.2, 0.25) is 0 Å². The molecule has 0 spiro atoms. The highest BCUT2D eigenvalue weighted by Crippen LogP contribution is 2.31. The van der Waals surface area contributed by atoms with Crippen molar-refractivity contribution in [2.24, 2.45) is 5.92 Å². The monoisotopic (exact) mass is 351 g/mol. The number of halogens is 2. The standard InChI is InChI=1S/C15H15BrFN3O/c16-11-7-10(3-4-12(11)17)19-14-6-5-13(18)15(20-14)21-8-9-1-2-9/h3-7,9H,1-2,8,18H2,(H,19,20). The number of aromatic nitrogens is 1. The van der Waals surface area contributed by atoms with Crippen molar-refractivity contribution in [3.63, 3.8) is 0 Å². The van der Waals surface area contributed by atoms with Crippen molar-refractivity contribution in [3.05, 3.63) is 40.6 Å². The van der Waals surface area contributed by atoms with E-state index in [1.54, 1.807) is 24.3 Å². The van der Waals surface area contributed by atoms with Gasteiger partial charge in [-0.15, -0.1) is 0 Å². The van der Waals surface area contributed by atoms with Crippen LogP contribution in [-0.4, -0.2) is 11.6 Å². The van der Waals surface area contributed by atoms with Gasteiger partial charge in [0.1, 0.15) is 11.6 Å². The summed E-state index contributed by atoms with van der Waals surface area (Å²) in [6.45, 7) is 0.656. The number of nitrogen functional groups attached to an aromatic ring is 1. The van der Waals surface area contributed by atoms with Crippen LogP contribution in [0.5, 0.6) is 5.88 Å². The topological polar surface area (TPSA) is 60.2 Å². The molecule has 1 aliphatic carbocycles. The minimum atomic E-state index is -0.306. The molecule has 0 unspecified atom stereocenters. The Morgan fingerprint density at radius 2 is 2.14 bits per heavy atom. The third-order valence-corrected chi connectivity index (χ3v) is 3.84. The fourth-order valence-corrected chi connectivity index (χ4v) is 2.22. The Labute approximate surface area is 130 Å². The summed E-state index contributed by atoms with van der Waals surface area (Å²) in [6.07, 6.45) is 2.42. The molecule has 1 aliphatic rings. The van der Waals surface area contributed by atoms with Crippen LogP contribution in [0.4, 0.5) is 21.6 Å². The van der Waals surface area contributed by atoms with Gasteiger partial charge in [-0.25, -0.2) is 4.39 Å². The van der Waals surface area contributed by atoms with Crippen LogP contribution in [0.25, 0.3) is 0 Å². The number of hydrogen-bond acceptors (Lipinski definition) is 4. The summed E-state index contributed by atoms with van der Waals surface area (Å²) >= 11 is 3.15. The maximum Gasteiger partial charge on any atom is 0.239 e. The van der Waals surface area contributed by atoms with Gasteiger partial charge in [-0.2, -0.15) is 4.98 Å². The van der Waals surface area contributed by atoms with Gasteiger partial charge >= 0.3 is 0 Å². The van der Waals surface area contributed by atoms with Gasteiger partial charge in [0, 0.05) is 5.69 Å². The molecular formula is C15H15BrFN3O. The maximum atomic E-state index is 13.2. The molecule has 0 amide bonds. The number of nitrogens with two attached hydrogens (primary N) is 1. The zero-order chi connectivity index (χ0) is 14.8. The van der Waals surface area contributed by atoms with Crippen LogP contribution >= 0.6 is 15.9 Å². The summed E-state index contributed by atoms with van der Waals surface area (Å²) in [6, 6.07) is 8.18. The Kier molecular flexibility index (Phi) is 3.96. The zero-order valence-electron chi connectivity index (χ0n) is 11.3. The number of rotatable bonds is 5. The fourth-order valence-electron chi connectivity index (χ4n) is 1.84. The summed E-state index contributed by atoms with van der Waals surface area (Å²) in [7, 11) is 0. The molecule has 3 N–H and O–H groups in total. The van der Waals surface area contributed by atoms with Crippen molar-refractivity contribution >= 4 is 33.1 Å². The van der Waals surface area contributed by atoms with E-state index in [2.05, 4.69) is 26.2 Å². The first-order chi connectivity index (χ1) is 10.1. The molecule has 1 fully saturated rings. The Morgan fingerprint density at radius 1 is 1.33 bits per heavy atom. The molecule has 1 heterocycles. The van der Waals surface area contributed by atoms with Crippen molar-refractivity contribution in [2.45, 2.75) is 12.8 Å². The molecule has 4 nitrogen and oxygen atoms in total. The first kappa shape index (κ1) is 14.1. The van der Waals surface area contributed by atoms with E-state index in [9.17, 15) is 4.39 Å². The van der Waals surface area contributed by atoms with Crippen molar-refractivity contribution in [1.29, 1.82) is 0 Å².